The molecule has 2 atom stereocenters. The van der Waals surface area contributed by atoms with Crippen LogP contribution in [-0.2, 0) is 6.42 Å². The molecule has 1 fully saturated rings. The van der Waals surface area contributed by atoms with E-state index in [1.54, 1.807) is 42.9 Å². The molecule has 10 nitrogen and oxygen atoms in total. The van der Waals surface area contributed by atoms with Crippen LogP contribution in [-0.4, -0.2) is 65.0 Å². The average Bonchev–Trinajstić information content (AvgIpc) is 3.59. The summed E-state index contributed by atoms with van der Waals surface area (Å²) in [5.41, 5.74) is 1.59. The lowest BCUT2D eigenvalue weighted by Crippen LogP contribution is -2.44. The molecule has 0 unspecified atom stereocenters. The average molecular weight is 511 g/mol. The fraction of sp³-hybridized carbons (Fsp3) is 0.346. The topological polar surface area (TPSA) is 126 Å². The third-order valence-corrected chi connectivity index (χ3v) is 6.71. The van der Waals surface area contributed by atoms with Crippen LogP contribution in [0.5, 0.6) is 17.2 Å². The Morgan fingerprint density at radius 2 is 2.08 bits per heavy atom. The van der Waals surface area contributed by atoms with Crippen LogP contribution < -0.4 is 19.5 Å². The van der Waals surface area contributed by atoms with Crippen LogP contribution in [0.1, 0.15) is 34.0 Å². The number of ether oxygens (including phenoxy) is 3. The van der Waals surface area contributed by atoms with E-state index in [1.165, 1.54) is 11.0 Å². The molecule has 2 amide bonds. The number of hydrogen-bond donors (Lipinski definition) is 3. The van der Waals surface area contributed by atoms with Gasteiger partial charge in [-0.05, 0) is 42.2 Å². The largest absolute Gasteiger partial charge is 0.493 e. The van der Waals surface area contributed by atoms with Crippen molar-refractivity contribution in [3.63, 3.8) is 0 Å². The van der Waals surface area contributed by atoms with Gasteiger partial charge in [-0.1, -0.05) is 6.07 Å². The summed E-state index contributed by atoms with van der Waals surface area (Å²) in [7, 11) is 0. The molecule has 3 aromatic rings. The van der Waals surface area contributed by atoms with E-state index in [2.05, 4.69) is 15.3 Å². The van der Waals surface area contributed by atoms with E-state index < -0.39 is 17.8 Å². The maximum Gasteiger partial charge on any atom is 0.407 e. The van der Waals surface area contributed by atoms with Crippen molar-refractivity contribution in [2.75, 3.05) is 33.0 Å². The summed E-state index contributed by atoms with van der Waals surface area (Å²) in [5, 5.41) is 12.3. The number of H-pyrrole nitrogens is 1. The number of nitrogens with one attached hydrogen (secondary N) is 2. The number of amides is 2. The second-order valence-corrected chi connectivity index (χ2v) is 9.03. The minimum atomic E-state index is -0.997. The summed E-state index contributed by atoms with van der Waals surface area (Å²) >= 11 is 0. The van der Waals surface area contributed by atoms with E-state index in [4.69, 9.17) is 14.2 Å². The van der Waals surface area contributed by atoms with E-state index in [0.29, 0.717) is 43.2 Å². The van der Waals surface area contributed by atoms with Crippen LogP contribution >= 0.6 is 0 Å². The standard InChI is InChI=1S/C26H27FN4O6/c27-22-3-1-16(9-21(22)25(32)29-7-5-18-11-28-14-30-18)20-6-8-31(26(33)34)12-17(20)13-35-19-2-4-23-24(10-19)37-15-36-23/h1-4,9-11,14,17,20H,5-8,12-13,15H2,(H,28,30)(H,29,32)(H,33,34)/t17-,20-/m0/s1. The second-order valence-electron chi connectivity index (χ2n) is 9.03. The summed E-state index contributed by atoms with van der Waals surface area (Å²) < 4.78 is 31.4. The summed E-state index contributed by atoms with van der Waals surface area (Å²) in [6, 6.07) is 9.78. The first-order chi connectivity index (χ1) is 18.0. The number of aromatic nitrogens is 2. The predicted octanol–water partition coefficient (Wildman–Crippen LogP) is 3.41. The lowest BCUT2D eigenvalue weighted by molar-refractivity contribution is 0.0937. The fourth-order valence-corrected chi connectivity index (χ4v) is 4.76. The number of halogens is 1. The monoisotopic (exact) mass is 510 g/mol. The molecule has 0 radical (unpaired) electrons. The van der Waals surface area contributed by atoms with Gasteiger partial charge in [0.1, 0.15) is 11.6 Å². The maximum atomic E-state index is 14.6. The quantitative estimate of drug-likeness (QED) is 0.424. The van der Waals surface area contributed by atoms with Gasteiger partial charge in [-0.25, -0.2) is 14.2 Å². The number of carbonyl (C=O) groups excluding carboxylic acids is 1. The normalized spacial score (nSPS) is 18.5. The Balaban J connectivity index is 1.30. The molecule has 0 aliphatic carbocycles. The molecule has 11 heteroatoms. The summed E-state index contributed by atoms with van der Waals surface area (Å²) in [6.45, 7) is 1.31. The summed E-state index contributed by atoms with van der Waals surface area (Å²) in [6.07, 6.45) is 3.29. The van der Waals surface area contributed by atoms with Crippen LogP contribution in [0, 0.1) is 11.7 Å². The number of likely N-dealkylation sites (tertiary alicyclic amines) is 1. The van der Waals surface area contributed by atoms with Gasteiger partial charge < -0.3 is 34.5 Å². The fourth-order valence-electron chi connectivity index (χ4n) is 4.76. The molecule has 194 valence electrons. The molecule has 37 heavy (non-hydrogen) atoms. The van der Waals surface area contributed by atoms with E-state index in [1.807, 2.05) is 0 Å². The molecule has 3 N–H and O–H groups in total. The first kappa shape index (κ1) is 24.4. The molecule has 5 rings (SSSR count). The van der Waals surface area contributed by atoms with Gasteiger partial charge >= 0.3 is 6.09 Å². The first-order valence-corrected chi connectivity index (χ1v) is 12.0. The highest BCUT2D eigenvalue weighted by Gasteiger charge is 2.34. The number of benzene rings is 2. The van der Waals surface area contributed by atoms with Gasteiger partial charge in [0.2, 0.25) is 6.79 Å². The Hall–Kier alpha value is -4.28. The molecule has 1 aromatic heterocycles. The molecule has 0 spiro atoms. The van der Waals surface area contributed by atoms with Crippen molar-refractivity contribution in [2.45, 2.75) is 18.8 Å². The SMILES string of the molecule is O=C(NCCc1cnc[nH]1)c1cc([C@@H]2CCN(C(=O)O)C[C@H]2COc2ccc3c(c2)OCO3)ccc1F. The van der Waals surface area contributed by atoms with Gasteiger partial charge in [-0.15, -0.1) is 0 Å². The highest BCUT2D eigenvalue weighted by molar-refractivity contribution is 5.94. The molecule has 0 bridgehead atoms. The van der Waals surface area contributed by atoms with Crippen molar-refractivity contribution in [2.24, 2.45) is 5.92 Å². The zero-order valence-corrected chi connectivity index (χ0v) is 20.0. The van der Waals surface area contributed by atoms with Crippen molar-refractivity contribution in [1.82, 2.24) is 20.2 Å². The molecule has 2 aromatic carbocycles. The van der Waals surface area contributed by atoms with Crippen molar-refractivity contribution in [3.8, 4) is 17.2 Å². The number of imidazole rings is 1. The van der Waals surface area contributed by atoms with Crippen molar-refractivity contribution in [3.05, 3.63) is 71.6 Å². The number of fused-ring (bicyclic) bond motifs is 1. The second kappa shape index (κ2) is 10.8. The van der Waals surface area contributed by atoms with Gasteiger partial charge in [0.05, 0.1) is 18.5 Å². The highest BCUT2D eigenvalue weighted by atomic mass is 19.1. The van der Waals surface area contributed by atoms with Gasteiger partial charge in [0, 0.05) is 49.9 Å². The minimum absolute atomic E-state index is 0.0433. The van der Waals surface area contributed by atoms with Crippen LogP contribution in [0.2, 0.25) is 0 Å². The third kappa shape index (κ3) is 5.60. The Morgan fingerprint density at radius 3 is 2.89 bits per heavy atom. The predicted molar refractivity (Wildman–Crippen MR) is 130 cm³/mol. The van der Waals surface area contributed by atoms with E-state index >= 15 is 0 Å². The Bertz CT molecular complexity index is 1270. The molecule has 0 saturated carbocycles. The van der Waals surface area contributed by atoms with Crippen molar-refractivity contribution in [1.29, 1.82) is 0 Å². The number of carboxylic acid groups (broad SMARTS) is 1. The van der Waals surface area contributed by atoms with Crippen LogP contribution in [0.4, 0.5) is 9.18 Å². The Kier molecular flexibility index (Phi) is 7.11. The van der Waals surface area contributed by atoms with Crippen LogP contribution in [0.15, 0.2) is 48.9 Å². The van der Waals surface area contributed by atoms with Gasteiger partial charge in [0.15, 0.2) is 11.5 Å². The molecular weight excluding hydrogens is 483 g/mol. The first-order valence-electron chi connectivity index (χ1n) is 12.0. The van der Waals surface area contributed by atoms with Crippen molar-refractivity contribution < 1.29 is 33.3 Å². The number of rotatable bonds is 8. The van der Waals surface area contributed by atoms with Crippen LogP contribution in [0.3, 0.4) is 0 Å². The molecule has 2 aliphatic heterocycles. The Morgan fingerprint density at radius 1 is 1.22 bits per heavy atom. The zero-order valence-electron chi connectivity index (χ0n) is 20.0. The smallest absolute Gasteiger partial charge is 0.407 e. The van der Waals surface area contributed by atoms with Crippen molar-refractivity contribution >= 4 is 12.0 Å². The number of piperidine rings is 1. The number of nitrogens with zero attached hydrogens (tertiary/aromatic N) is 2. The molecule has 1 saturated heterocycles. The third-order valence-electron chi connectivity index (χ3n) is 6.71. The molecule has 3 heterocycles. The zero-order chi connectivity index (χ0) is 25.8. The Labute approximate surface area is 212 Å². The minimum Gasteiger partial charge on any atom is -0.493 e. The number of hydrogen-bond acceptors (Lipinski definition) is 6. The lowest BCUT2D eigenvalue weighted by atomic mass is 9.80. The summed E-state index contributed by atoms with van der Waals surface area (Å²) in [4.78, 5) is 32.7. The van der Waals surface area contributed by atoms with E-state index in [-0.39, 0.29) is 37.3 Å². The number of aromatic amines is 1. The molecule has 2 aliphatic rings. The maximum absolute atomic E-state index is 14.6. The molecular formula is C26H27FN4O6. The van der Waals surface area contributed by atoms with E-state index in [9.17, 15) is 19.1 Å². The summed E-state index contributed by atoms with van der Waals surface area (Å²) in [5.74, 6) is 0.354. The van der Waals surface area contributed by atoms with E-state index in [0.717, 1.165) is 11.3 Å². The van der Waals surface area contributed by atoms with Gasteiger partial charge in [-0.2, -0.15) is 0 Å². The lowest BCUT2D eigenvalue weighted by Gasteiger charge is -2.37. The van der Waals surface area contributed by atoms with Crippen LogP contribution in [0.25, 0.3) is 0 Å². The number of carbonyl (C=O) groups is 2. The highest BCUT2D eigenvalue weighted by Crippen LogP contribution is 2.37. The van der Waals surface area contributed by atoms with Gasteiger partial charge in [0.25, 0.3) is 5.91 Å². The van der Waals surface area contributed by atoms with Gasteiger partial charge in [-0.3, -0.25) is 4.79 Å².